The summed E-state index contributed by atoms with van der Waals surface area (Å²) in [6, 6.07) is 21.1. The Kier molecular flexibility index (Phi) is 5.95. The molecule has 1 heterocycles. The van der Waals surface area contributed by atoms with Crippen molar-refractivity contribution in [1.82, 2.24) is 4.57 Å². The number of halogens is 1. The zero-order valence-electron chi connectivity index (χ0n) is 17.6. The summed E-state index contributed by atoms with van der Waals surface area (Å²) in [6.45, 7) is 1.81. The van der Waals surface area contributed by atoms with Crippen LogP contribution in [0, 0.1) is 0 Å². The zero-order valence-corrected chi connectivity index (χ0v) is 19.2. The van der Waals surface area contributed by atoms with Crippen LogP contribution in [-0.2, 0) is 16.4 Å². The number of aliphatic hydroxyl groups is 1. The normalized spacial score (nSPS) is 12.8. The lowest BCUT2D eigenvalue weighted by atomic mass is 9.94. The highest BCUT2D eigenvalue weighted by molar-refractivity contribution is 7.90. The molecule has 0 saturated carbocycles. The van der Waals surface area contributed by atoms with E-state index in [4.69, 9.17) is 11.6 Å². The molecule has 1 N–H and O–H groups in total. The van der Waals surface area contributed by atoms with Crippen LogP contribution in [0.3, 0.4) is 0 Å². The largest absolute Gasteiger partial charge is 0.387 e. The van der Waals surface area contributed by atoms with Crippen LogP contribution in [0.4, 0.5) is 0 Å². The van der Waals surface area contributed by atoms with Crippen LogP contribution in [0.1, 0.15) is 24.3 Å². The van der Waals surface area contributed by atoms with Crippen molar-refractivity contribution in [3.63, 3.8) is 0 Å². The van der Waals surface area contributed by atoms with Crippen molar-refractivity contribution in [3.8, 4) is 11.1 Å². The fraction of sp³-hybridized carbons (Fsp3) is 0.160. The van der Waals surface area contributed by atoms with E-state index < -0.39 is 15.9 Å². The van der Waals surface area contributed by atoms with Crippen molar-refractivity contribution in [1.29, 1.82) is 0 Å². The number of pyridine rings is 1. The Balaban J connectivity index is 2.00. The molecule has 0 aliphatic carbocycles. The van der Waals surface area contributed by atoms with Gasteiger partial charge in [0.2, 0.25) is 0 Å². The van der Waals surface area contributed by atoms with E-state index in [1.54, 1.807) is 41.8 Å². The summed E-state index contributed by atoms with van der Waals surface area (Å²) >= 11 is 6.26. The molecular weight excluding hydrogens is 446 g/mol. The maximum atomic E-state index is 13.5. The molecule has 1 aromatic heterocycles. The lowest BCUT2D eigenvalue weighted by molar-refractivity contribution is 0.189. The minimum absolute atomic E-state index is 0.182. The van der Waals surface area contributed by atoms with Gasteiger partial charge in [-0.05, 0) is 53.8 Å². The molecule has 0 saturated heterocycles. The van der Waals surface area contributed by atoms with E-state index in [0.29, 0.717) is 21.5 Å². The van der Waals surface area contributed by atoms with Gasteiger partial charge in [-0.3, -0.25) is 4.79 Å². The van der Waals surface area contributed by atoms with Crippen molar-refractivity contribution < 1.29 is 13.5 Å². The van der Waals surface area contributed by atoms with E-state index in [2.05, 4.69) is 0 Å². The van der Waals surface area contributed by atoms with Gasteiger partial charge in [0.15, 0.2) is 9.84 Å². The van der Waals surface area contributed by atoms with Gasteiger partial charge in [0.1, 0.15) is 0 Å². The Bertz CT molecular complexity index is 1460. The quantitative estimate of drug-likeness (QED) is 0.456. The van der Waals surface area contributed by atoms with Gasteiger partial charge in [-0.15, -0.1) is 0 Å². The van der Waals surface area contributed by atoms with Crippen LogP contribution in [0.2, 0.25) is 5.02 Å². The van der Waals surface area contributed by atoms with Gasteiger partial charge in [0, 0.05) is 22.2 Å². The number of aliphatic hydroxyl groups excluding tert-OH is 1. The number of fused-ring (bicyclic) bond motifs is 1. The summed E-state index contributed by atoms with van der Waals surface area (Å²) in [5, 5.41) is 12.4. The molecule has 5 nitrogen and oxygen atoms in total. The Hall–Kier alpha value is -2.93. The van der Waals surface area contributed by atoms with Crippen LogP contribution in [-0.4, -0.2) is 24.3 Å². The van der Waals surface area contributed by atoms with Crippen molar-refractivity contribution in [3.05, 3.63) is 99.4 Å². The number of nitrogens with zero attached hydrogens (tertiary/aromatic N) is 1. The first-order valence-corrected chi connectivity index (χ1v) is 12.3. The number of aromatic nitrogens is 1. The van der Waals surface area contributed by atoms with Gasteiger partial charge in [0.25, 0.3) is 5.56 Å². The lowest BCUT2D eigenvalue weighted by Gasteiger charge is -2.22. The van der Waals surface area contributed by atoms with Crippen molar-refractivity contribution in [2.75, 3.05) is 6.26 Å². The zero-order chi connectivity index (χ0) is 23.0. The maximum absolute atomic E-state index is 13.5. The van der Waals surface area contributed by atoms with E-state index in [1.165, 1.54) is 12.1 Å². The van der Waals surface area contributed by atoms with Gasteiger partial charge in [0.05, 0.1) is 23.2 Å². The number of sulfone groups is 1. The SMILES string of the molecule is CC(O)c1c(-c2ccccc2)c2cc(Cl)ccc2c(=O)n1Cc1ccc(S(C)(=O)=O)cc1. The molecule has 0 fully saturated rings. The molecule has 32 heavy (non-hydrogen) atoms. The third-order valence-corrected chi connectivity index (χ3v) is 6.79. The minimum atomic E-state index is -3.32. The summed E-state index contributed by atoms with van der Waals surface area (Å²) in [6.07, 6.45) is 0.218. The first-order valence-electron chi connectivity index (χ1n) is 10.1. The van der Waals surface area contributed by atoms with E-state index in [-0.39, 0.29) is 17.0 Å². The lowest BCUT2D eigenvalue weighted by Crippen LogP contribution is -2.26. The Morgan fingerprint density at radius 2 is 1.62 bits per heavy atom. The molecule has 0 bridgehead atoms. The highest BCUT2D eigenvalue weighted by Crippen LogP contribution is 2.35. The molecule has 1 unspecified atom stereocenters. The predicted molar refractivity (Wildman–Crippen MR) is 128 cm³/mol. The molecular formula is C25H22ClNO4S. The molecule has 0 aliphatic heterocycles. The van der Waals surface area contributed by atoms with Crippen LogP contribution in [0.5, 0.6) is 0 Å². The number of benzene rings is 3. The molecule has 0 radical (unpaired) electrons. The topological polar surface area (TPSA) is 76.4 Å². The van der Waals surface area contributed by atoms with Crippen molar-refractivity contribution in [2.24, 2.45) is 0 Å². The fourth-order valence-electron chi connectivity index (χ4n) is 3.96. The Morgan fingerprint density at radius 3 is 2.22 bits per heavy atom. The summed E-state index contributed by atoms with van der Waals surface area (Å²) in [7, 11) is -3.32. The smallest absolute Gasteiger partial charge is 0.259 e. The van der Waals surface area contributed by atoms with Gasteiger partial charge < -0.3 is 9.67 Å². The van der Waals surface area contributed by atoms with Gasteiger partial charge >= 0.3 is 0 Å². The summed E-state index contributed by atoms with van der Waals surface area (Å²) < 4.78 is 25.1. The second kappa shape index (κ2) is 8.54. The third kappa shape index (κ3) is 4.21. The van der Waals surface area contributed by atoms with E-state index in [1.807, 2.05) is 30.3 Å². The van der Waals surface area contributed by atoms with Crippen LogP contribution in [0.15, 0.2) is 82.5 Å². The third-order valence-electron chi connectivity index (χ3n) is 5.42. The van der Waals surface area contributed by atoms with E-state index in [0.717, 1.165) is 22.9 Å². The minimum Gasteiger partial charge on any atom is -0.387 e. The highest BCUT2D eigenvalue weighted by atomic mass is 35.5. The molecule has 4 rings (SSSR count). The molecule has 1 atom stereocenters. The second-order valence-electron chi connectivity index (χ2n) is 7.80. The number of rotatable bonds is 5. The molecule has 0 spiro atoms. The summed E-state index contributed by atoms with van der Waals surface area (Å²) in [4.78, 5) is 13.7. The first kappa shape index (κ1) is 22.3. The van der Waals surface area contributed by atoms with Crippen molar-refractivity contribution in [2.45, 2.75) is 24.5 Å². The first-order chi connectivity index (χ1) is 15.2. The molecule has 4 aromatic rings. The highest BCUT2D eigenvalue weighted by Gasteiger charge is 2.22. The van der Waals surface area contributed by atoms with Gasteiger partial charge in [-0.25, -0.2) is 8.42 Å². The molecule has 164 valence electrons. The van der Waals surface area contributed by atoms with E-state index in [9.17, 15) is 18.3 Å². The Morgan fingerprint density at radius 1 is 0.969 bits per heavy atom. The predicted octanol–water partition coefficient (Wildman–Crippen LogP) is 4.83. The van der Waals surface area contributed by atoms with Crippen LogP contribution >= 0.6 is 11.6 Å². The molecule has 3 aromatic carbocycles. The average molecular weight is 468 g/mol. The molecule has 0 aliphatic rings. The van der Waals surface area contributed by atoms with Gasteiger partial charge in [-0.1, -0.05) is 54.1 Å². The monoisotopic (exact) mass is 467 g/mol. The number of hydrogen-bond donors (Lipinski definition) is 1. The van der Waals surface area contributed by atoms with Crippen LogP contribution in [0.25, 0.3) is 21.9 Å². The standard InChI is InChI=1S/C25H22ClNO4S/c1-16(28)24-23(18-6-4-3-5-7-18)22-14-19(26)10-13-21(22)25(29)27(24)15-17-8-11-20(12-9-17)32(2,30)31/h3-14,16,28H,15H2,1-2H3. The molecule has 7 heteroatoms. The maximum Gasteiger partial charge on any atom is 0.259 e. The van der Waals surface area contributed by atoms with Crippen molar-refractivity contribution >= 4 is 32.2 Å². The summed E-state index contributed by atoms with van der Waals surface area (Å²) in [5.41, 5.74) is 2.57. The molecule has 0 amide bonds. The summed E-state index contributed by atoms with van der Waals surface area (Å²) in [5.74, 6) is 0. The second-order valence-corrected chi connectivity index (χ2v) is 10.3. The van der Waals surface area contributed by atoms with Crippen LogP contribution < -0.4 is 5.56 Å². The van der Waals surface area contributed by atoms with E-state index >= 15 is 0 Å². The average Bonchev–Trinajstić information content (AvgIpc) is 2.75. The number of hydrogen-bond acceptors (Lipinski definition) is 4. The Labute approximate surface area is 191 Å². The fourth-order valence-corrected chi connectivity index (χ4v) is 4.76. The van der Waals surface area contributed by atoms with Gasteiger partial charge in [-0.2, -0.15) is 0 Å².